The van der Waals surface area contributed by atoms with E-state index in [1.54, 1.807) is 0 Å². The number of carboxylic acid groups (broad SMARTS) is 1. The van der Waals surface area contributed by atoms with Crippen LogP contribution in [0.4, 0.5) is 5.13 Å². The Kier molecular flexibility index (Phi) is 4.22. The number of rotatable bonds is 5. The molecular weight excluding hydrogens is 248 g/mol. The lowest BCUT2D eigenvalue weighted by Crippen LogP contribution is -2.36. The molecule has 1 aromatic heterocycles. The number of aromatic carboxylic acids is 1. The summed E-state index contributed by atoms with van der Waals surface area (Å²) in [5.74, 6) is -0.322. The van der Waals surface area contributed by atoms with Crippen LogP contribution >= 0.6 is 11.3 Å². The zero-order chi connectivity index (χ0) is 13.1. The molecule has 1 aromatic rings. The van der Waals surface area contributed by atoms with Gasteiger partial charge in [-0.2, -0.15) is 0 Å². The number of thiazole rings is 1. The molecule has 2 rings (SSSR count). The van der Waals surface area contributed by atoms with E-state index in [1.807, 2.05) is 0 Å². The second-order valence-corrected chi connectivity index (χ2v) is 6.31. The molecule has 0 bridgehead atoms. The van der Waals surface area contributed by atoms with E-state index in [1.165, 1.54) is 43.2 Å². The Hall–Kier alpha value is -1.10. The zero-order valence-electron chi connectivity index (χ0n) is 10.9. The number of aromatic nitrogens is 1. The van der Waals surface area contributed by atoms with Crippen molar-refractivity contribution in [3.8, 4) is 0 Å². The van der Waals surface area contributed by atoms with Crippen molar-refractivity contribution in [3.63, 3.8) is 0 Å². The zero-order valence-corrected chi connectivity index (χ0v) is 11.7. The maximum Gasteiger partial charge on any atom is 0.347 e. The molecule has 1 aliphatic rings. The van der Waals surface area contributed by atoms with Gasteiger partial charge in [0.2, 0.25) is 0 Å². The van der Waals surface area contributed by atoms with E-state index in [9.17, 15) is 4.79 Å². The Balaban J connectivity index is 2.18. The number of anilines is 1. The molecule has 1 fully saturated rings. The van der Waals surface area contributed by atoms with Crippen LogP contribution in [0.5, 0.6) is 0 Å². The normalized spacial score (nSPS) is 16.4. The smallest absolute Gasteiger partial charge is 0.347 e. The van der Waals surface area contributed by atoms with Gasteiger partial charge in [-0.3, -0.25) is 0 Å². The fraction of sp³-hybridized carbons (Fsp3) is 0.692. The molecule has 0 aromatic carbocycles. The second-order valence-electron chi connectivity index (χ2n) is 5.30. The van der Waals surface area contributed by atoms with Crippen LogP contribution in [-0.4, -0.2) is 28.6 Å². The quantitative estimate of drug-likeness (QED) is 0.890. The van der Waals surface area contributed by atoms with Crippen molar-refractivity contribution in [3.05, 3.63) is 11.1 Å². The van der Waals surface area contributed by atoms with Gasteiger partial charge in [-0.25, -0.2) is 9.78 Å². The first-order chi connectivity index (χ1) is 8.58. The highest BCUT2D eigenvalue weighted by Gasteiger charge is 2.26. The van der Waals surface area contributed by atoms with Crippen LogP contribution in [-0.2, 0) is 0 Å². The van der Waals surface area contributed by atoms with Crippen molar-refractivity contribution in [1.29, 1.82) is 0 Å². The largest absolute Gasteiger partial charge is 0.477 e. The van der Waals surface area contributed by atoms with Crippen LogP contribution < -0.4 is 4.90 Å². The third-order valence-corrected chi connectivity index (χ3v) is 4.30. The Morgan fingerprint density at radius 2 is 2.22 bits per heavy atom. The molecule has 0 saturated heterocycles. The van der Waals surface area contributed by atoms with E-state index < -0.39 is 5.97 Å². The van der Waals surface area contributed by atoms with Gasteiger partial charge in [-0.1, -0.05) is 38.0 Å². The molecule has 0 amide bonds. The van der Waals surface area contributed by atoms with Crippen molar-refractivity contribution in [1.82, 2.24) is 4.98 Å². The summed E-state index contributed by atoms with van der Waals surface area (Å²) >= 11 is 1.29. The first kappa shape index (κ1) is 13.3. The molecule has 18 heavy (non-hydrogen) atoms. The van der Waals surface area contributed by atoms with Crippen molar-refractivity contribution in [2.75, 3.05) is 11.4 Å². The van der Waals surface area contributed by atoms with Gasteiger partial charge in [0.05, 0.1) is 6.20 Å². The van der Waals surface area contributed by atoms with Crippen LogP contribution in [0.15, 0.2) is 6.20 Å². The standard InChI is InChI=1S/C13H20N2O2S/c1-9(2)8-15(10-5-3-4-6-10)13-14-7-11(18-13)12(16)17/h7,9-10H,3-6,8H2,1-2H3,(H,16,17). The molecule has 0 aliphatic heterocycles. The third-order valence-electron chi connectivity index (χ3n) is 3.28. The summed E-state index contributed by atoms with van der Waals surface area (Å²) in [4.78, 5) is 17.9. The van der Waals surface area contributed by atoms with E-state index in [0.717, 1.165) is 11.7 Å². The highest BCUT2D eigenvalue weighted by atomic mass is 32.1. The molecule has 1 saturated carbocycles. The lowest BCUT2D eigenvalue weighted by molar-refractivity contribution is 0.0702. The number of carbonyl (C=O) groups is 1. The predicted molar refractivity (Wildman–Crippen MR) is 73.5 cm³/mol. The SMILES string of the molecule is CC(C)CN(c1ncc(C(=O)O)s1)C1CCCC1. The van der Waals surface area contributed by atoms with Crippen LogP contribution in [0.3, 0.4) is 0 Å². The monoisotopic (exact) mass is 268 g/mol. The van der Waals surface area contributed by atoms with Crippen LogP contribution in [0.2, 0.25) is 0 Å². The Morgan fingerprint density at radius 1 is 1.56 bits per heavy atom. The topological polar surface area (TPSA) is 53.4 Å². The summed E-state index contributed by atoms with van der Waals surface area (Å²) < 4.78 is 0. The minimum absolute atomic E-state index is 0.330. The van der Waals surface area contributed by atoms with Crippen molar-refractivity contribution in [2.24, 2.45) is 5.92 Å². The molecule has 0 unspecified atom stereocenters. The number of carboxylic acids is 1. The van der Waals surface area contributed by atoms with Crippen LogP contribution in [0.1, 0.15) is 49.2 Å². The maximum absolute atomic E-state index is 10.9. The Bertz CT molecular complexity index is 411. The van der Waals surface area contributed by atoms with E-state index in [2.05, 4.69) is 23.7 Å². The molecule has 0 radical (unpaired) electrons. The summed E-state index contributed by atoms with van der Waals surface area (Å²) in [7, 11) is 0. The molecule has 1 heterocycles. The first-order valence-corrected chi connectivity index (χ1v) is 7.35. The molecular formula is C13H20N2O2S. The van der Waals surface area contributed by atoms with Crippen LogP contribution in [0.25, 0.3) is 0 Å². The van der Waals surface area contributed by atoms with Crippen molar-refractivity contribution < 1.29 is 9.90 Å². The average Bonchev–Trinajstić information content (AvgIpc) is 2.97. The second kappa shape index (κ2) is 5.69. The summed E-state index contributed by atoms with van der Waals surface area (Å²) in [5, 5.41) is 9.85. The van der Waals surface area contributed by atoms with Gasteiger partial charge in [0, 0.05) is 12.6 Å². The van der Waals surface area contributed by atoms with E-state index >= 15 is 0 Å². The fourth-order valence-electron chi connectivity index (χ4n) is 2.49. The maximum atomic E-state index is 10.9. The van der Waals surface area contributed by atoms with E-state index in [-0.39, 0.29) is 0 Å². The summed E-state index contributed by atoms with van der Waals surface area (Å²) in [6.07, 6.45) is 6.43. The van der Waals surface area contributed by atoms with Gasteiger partial charge < -0.3 is 10.0 Å². The van der Waals surface area contributed by atoms with E-state index in [0.29, 0.717) is 16.8 Å². The highest BCUT2D eigenvalue weighted by Crippen LogP contribution is 2.31. The molecule has 5 heteroatoms. The predicted octanol–water partition coefficient (Wildman–Crippen LogP) is 3.25. The molecule has 1 N–H and O–H groups in total. The molecule has 0 spiro atoms. The number of hydrogen-bond acceptors (Lipinski definition) is 4. The molecule has 100 valence electrons. The van der Waals surface area contributed by atoms with E-state index in [4.69, 9.17) is 5.11 Å². The van der Waals surface area contributed by atoms with Gasteiger partial charge in [-0.15, -0.1) is 0 Å². The molecule has 1 aliphatic carbocycles. The van der Waals surface area contributed by atoms with Crippen molar-refractivity contribution >= 4 is 22.4 Å². The third kappa shape index (κ3) is 3.02. The highest BCUT2D eigenvalue weighted by molar-refractivity contribution is 7.17. The number of hydrogen-bond donors (Lipinski definition) is 1. The van der Waals surface area contributed by atoms with Gasteiger partial charge in [0.1, 0.15) is 4.88 Å². The summed E-state index contributed by atoms with van der Waals surface area (Å²) in [6.45, 7) is 5.33. The summed E-state index contributed by atoms with van der Waals surface area (Å²) in [5.41, 5.74) is 0. The molecule has 4 nitrogen and oxygen atoms in total. The fourth-order valence-corrected chi connectivity index (χ4v) is 3.32. The van der Waals surface area contributed by atoms with Crippen molar-refractivity contribution in [2.45, 2.75) is 45.6 Å². The average molecular weight is 268 g/mol. The van der Waals surface area contributed by atoms with Gasteiger partial charge >= 0.3 is 5.97 Å². The lowest BCUT2D eigenvalue weighted by Gasteiger charge is -2.30. The minimum atomic E-state index is -0.880. The Morgan fingerprint density at radius 3 is 2.72 bits per heavy atom. The molecule has 0 atom stereocenters. The number of nitrogens with zero attached hydrogens (tertiary/aromatic N) is 2. The van der Waals surface area contributed by atoms with Crippen LogP contribution in [0, 0.1) is 5.92 Å². The first-order valence-electron chi connectivity index (χ1n) is 6.53. The van der Waals surface area contributed by atoms with Gasteiger partial charge in [0.15, 0.2) is 5.13 Å². The summed E-state index contributed by atoms with van der Waals surface area (Å²) in [6, 6.07) is 0.542. The van der Waals surface area contributed by atoms with Gasteiger partial charge in [-0.05, 0) is 18.8 Å². The minimum Gasteiger partial charge on any atom is -0.477 e. The van der Waals surface area contributed by atoms with Gasteiger partial charge in [0.25, 0.3) is 0 Å². The lowest BCUT2D eigenvalue weighted by atomic mass is 10.1. The Labute approximate surface area is 112 Å².